The van der Waals surface area contributed by atoms with E-state index in [-0.39, 0.29) is 22.8 Å². The average Bonchev–Trinajstić information content (AvgIpc) is 3.49. The van der Waals surface area contributed by atoms with Crippen LogP contribution in [0.2, 0.25) is 0 Å². The van der Waals surface area contributed by atoms with Crippen molar-refractivity contribution in [3.63, 3.8) is 0 Å². The van der Waals surface area contributed by atoms with E-state index < -0.39 is 5.79 Å². The lowest BCUT2D eigenvalue weighted by atomic mass is 10.1. The number of rotatable bonds is 5. The van der Waals surface area contributed by atoms with Crippen LogP contribution < -0.4 is 15.2 Å². The van der Waals surface area contributed by atoms with Crippen molar-refractivity contribution in [1.29, 1.82) is 0 Å². The minimum absolute atomic E-state index is 0.0390. The van der Waals surface area contributed by atoms with Gasteiger partial charge in [0, 0.05) is 17.6 Å². The number of aromatic nitrogens is 4. The largest absolute Gasteiger partial charge is 0.492 e. The highest BCUT2D eigenvalue weighted by Gasteiger charge is 2.55. The van der Waals surface area contributed by atoms with Gasteiger partial charge in [0.05, 0.1) is 27.7 Å². The van der Waals surface area contributed by atoms with Gasteiger partial charge in [-0.25, -0.2) is 15.0 Å². The smallest absolute Gasteiger partial charge is 0.225 e. The fourth-order valence-corrected chi connectivity index (χ4v) is 6.61. The molecular weight excluding hydrogens is 534 g/mol. The molecule has 2 aliphatic rings. The van der Waals surface area contributed by atoms with Crippen LogP contribution in [0.15, 0.2) is 47.3 Å². The Morgan fingerprint density at radius 1 is 1.17 bits per heavy atom. The molecule has 0 unspecified atom stereocenters. The van der Waals surface area contributed by atoms with Gasteiger partial charge >= 0.3 is 0 Å². The molecule has 2 saturated heterocycles. The maximum Gasteiger partial charge on any atom is 0.225 e. The molecular formula is C24H24BrN5O4S. The van der Waals surface area contributed by atoms with Crippen molar-refractivity contribution in [2.45, 2.75) is 42.5 Å². The van der Waals surface area contributed by atoms with E-state index in [4.69, 9.17) is 24.7 Å². The third-order valence-corrected chi connectivity index (χ3v) is 8.41. The van der Waals surface area contributed by atoms with Gasteiger partial charge in [0.25, 0.3) is 0 Å². The van der Waals surface area contributed by atoms with Gasteiger partial charge < -0.3 is 29.2 Å². The highest BCUT2D eigenvalue weighted by Crippen LogP contribution is 2.52. The topological polar surface area (TPSA) is 107 Å². The number of thioether (sulfide) groups is 1. The van der Waals surface area contributed by atoms with Crippen molar-refractivity contribution in [2.75, 3.05) is 19.5 Å². The lowest BCUT2D eigenvalue weighted by Crippen LogP contribution is -2.32. The van der Waals surface area contributed by atoms with Crippen LogP contribution in [0.4, 0.5) is 5.82 Å². The van der Waals surface area contributed by atoms with E-state index in [1.54, 1.807) is 18.9 Å². The number of ether oxygens (including phenoxy) is 4. The molecule has 3 aromatic heterocycles. The van der Waals surface area contributed by atoms with Gasteiger partial charge in [-0.1, -0.05) is 0 Å². The first-order valence-electron chi connectivity index (χ1n) is 11.2. The van der Waals surface area contributed by atoms with Crippen LogP contribution in [0.5, 0.6) is 11.6 Å². The number of anilines is 1. The number of hydrogen-bond acceptors (Lipinski definition) is 9. The summed E-state index contributed by atoms with van der Waals surface area (Å²) < 4.78 is 27.2. The summed E-state index contributed by atoms with van der Waals surface area (Å²) >= 11 is 5.19. The first-order chi connectivity index (χ1) is 16.8. The zero-order valence-electron chi connectivity index (χ0n) is 19.3. The first kappa shape index (κ1) is 22.8. The number of nitrogens with zero attached hydrogens (tertiary/aromatic N) is 4. The van der Waals surface area contributed by atoms with Crippen molar-refractivity contribution < 1.29 is 18.9 Å². The van der Waals surface area contributed by atoms with Crippen LogP contribution in [0.1, 0.15) is 19.2 Å². The summed E-state index contributed by atoms with van der Waals surface area (Å²) in [5, 5.41) is 1.86. The van der Waals surface area contributed by atoms with Crippen molar-refractivity contribution in [3.05, 3.63) is 47.3 Å². The molecule has 4 aromatic rings. The van der Waals surface area contributed by atoms with Crippen LogP contribution in [0.25, 0.3) is 21.9 Å². The molecule has 35 heavy (non-hydrogen) atoms. The fourth-order valence-electron chi connectivity index (χ4n) is 4.74. The normalized spacial score (nSPS) is 25.3. The summed E-state index contributed by atoms with van der Waals surface area (Å²) in [5.74, 6) is 1.05. The van der Waals surface area contributed by atoms with Crippen LogP contribution in [0.3, 0.4) is 0 Å². The summed E-state index contributed by atoms with van der Waals surface area (Å²) in [6.07, 6.45) is 3.23. The van der Waals surface area contributed by atoms with E-state index in [0.29, 0.717) is 18.3 Å². The number of methoxy groups -OCH3 is 1. The Hall–Kier alpha value is -2.60. The van der Waals surface area contributed by atoms with Gasteiger partial charge in [0.2, 0.25) is 5.88 Å². The maximum atomic E-state index is 6.36. The Morgan fingerprint density at radius 2 is 2.00 bits per heavy atom. The van der Waals surface area contributed by atoms with Crippen molar-refractivity contribution in [1.82, 2.24) is 19.5 Å². The predicted molar refractivity (Wildman–Crippen MR) is 138 cm³/mol. The molecule has 2 fully saturated rings. The zero-order chi connectivity index (χ0) is 24.3. The Balaban J connectivity index is 1.27. The number of nitrogens with two attached hydrogens (primary N) is 1. The monoisotopic (exact) mass is 557 g/mol. The molecule has 9 nitrogen and oxygen atoms in total. The number of halogens is 1. The summed E-state index contributed by atoms with van der Waals surface area (Å²) in [6, 6.07) is 9.76. The second kappa shape index (κ2) is 8.51. The Kier molecular flexibility index (Phi) is 5.55. The molecule has 0 bridgehead atoms. The SMILES string of the molecule is COc1ncnc2c1ccn2[C@@H]1S[C@H](COc2ccc3cc(Br)c(N)nc3c2)[C@H]2OC(C)(C)O[C@H]21. The lowest BCUT2D eigenvalue weighted by Gasteiger charge is -2.24. The molecule has 0 amide bonds. The van der Waals surface area contributed by atoms with Crippen molar-refractivity contribution in [2.24, 2.45) is 0 Å². The van der Waals surface area contributed by atoms with E-state index in [1.165, 1.54) is 6.33 Å². The molecule has 4 atom stereocenters. The predicted octanol–water partition coefficient (Wildman–Crippen LogP) is 4.55. The molecule has 1 aromatic carbocycles. The molecule has 182 valence electrons. The minimum atomic E-state index is -0.680. The zero-order valence-corrected chi connectivity index (χ0v) is 21.7. The van der Waals surface area contributed by atoms with E-state index in [2.05, 4.69) is 35.4 Å². The molecule has 0 spiro atoms. The highest BCUT2D eigenvalue weighted by atomic mass is 79.9. The summed E-state index contributed by atoms with van der Waals surface area (Å²) in [5.41, 5.74) is 7.54. The van der Waals surface area contributed by atoms with E-state index in [9.17, 15) is 0 Å². The van der Waals surface area contributed by atoms with Crippen LogP contribution in [-0.4, -0.2) is 56.5 Å². The van der Waals surface area contributed by atoms with E-state index >= 15 is 0 Å². The maximum absolute atomic E-state index is 6.36. The van der Waals surface area contributed by atoms with Crippen LogP contribution in [0, 0.1) is 0 Å². The number of nitrogen functional groups attached to an aromatic ring is 1. The third-order valence-electron chi connectivity index (χ3n) is 6.25. The number of benzene rings is 1. The van der Waals surface area contributed by atoms with Crippen molar-refractivity contribution >= 4 is 55.4 Å². The van der Waals surface area contributed by atoms with Crippen molar-refractivity contribution in [3.8, 4) is 11.6 Å². The summed E-state index contributed by atoms with van der Waals surface area (Å²) in [6.45, 7) is 4.35. The molecule has 2 aliphatic heterocycles. The van der Waals surface area contributed by atoms with E-state index in [1.807, 2.05) is 50.4 Å². The molecule has 0 aliphatic carbocycles. The van der Waals surface area contributed by atoms with Crippen LogP contribution >= 0.6 is 27.7 Å². The second-order valence-electron chi connectivity index (χ2n) is 8.99. The number of fused-ring (bicyclic) bond motifs is 3. The standard InChI is InChI=1S/C24H24BrN5O4S/c1-24(2)33-18-17(10-32-13-5-4-12-8-15(25)20(26)29-16(12)9-13)35-23(19(18)34-24)30-7-6-14-21(30)27-11-28-22(14)31-3/h4-9,11,17-19,23H,10H2,1-3H3,(H2,26,29)/t17-,18-,19-,23-/m1/s1. The minimum Gasteiger partial charge on any atom is -0.492 e. The first-order valence-corrected chi connectivity index (χ1v) is 12.9. The van der Waals surface area contributed by atoms with Gasteiger partial charge in [0.15, 0.2) is 5.79 Å². The lowest BCUT2D eigenvalue weighted by molar-refractivity contribution is -0.149. The number of hydrogen-bond donors (Lipinski definition) is 1. The highest BCUT2D eigenvalue weighted by molar-refractivity contribution is 9.10. The molecule has 11 heteroatoms. The summed E-state index contributed by atoms with van der Waals surface area (Å²) in [4.78, 5) is 13.2. The van der Waals surface area contributed by atoms with Gasteiger partial charge in [-0.3, -0.25) is 0 Å². The molecule has 2 N–H and O–H groups in total. The molecule has 0 radical (unpaired) electrons. The van der Waals surface area contributed by atoms with Gasteiger partial charge in [0.1, 0.15) is 47.7 Å². The van der Waals surface area contributed by atoms with E-state index in [0.717, 1.165) is 32.2 Å². The van der Waals surface area contributed by atoms with Gasteiger partial charge in [-0.15, -0.1) is 11.8 Å². The Morgan fingerprint density at radius 3 is 2.83 bits per heavy atom. The van der Waals surface area contributed by atoms with Gasteiger partial charge in [-0.05, 0) is 54.0 Å². The molecule has 0 saturated carbocycles. The van der Waals surface area contributed by atoms with Crippen LogP contribution in [-0.2, 0) is 9.47 Å². The van der Waals surface area contributed by atoms with Gasteiger partial charge in [-0.2, -0.15) is 0 Å². The molecule has 6 rings (SSSR count). The Bertz CT molecular complexity index is 1430. The quantitative estimate of drug-likeness (QED) is 0.378. The molecule has 5 heterocycles. The second-order valence-corrected chi connectivity index (χ2v) is 11.2. The fraction of sp³-hybridized carbons (Fsp3) is 0.375. The summed E-state index contributed by atoms with van der Waals surface area (Å²) in [7, 11) is 1.61. The Labute approximate surface area is 214 Å². The third kappa shape index (κ3) is 4.00. The average molecular weight is 558 g/mol. The number of pyridine rings is 1.